The molecule has 0 aromatic rings. The topological polar surface area (TPSA) is 75.4 Å². The molecule has 0 rings (SSSR count). The molecule has 5 heteroatoms. The SMILES string of the molecule is CC(C)[C@H](N)C(=O)NCC(=O)N(C)C(C)C. The maximum absolute atomic E-state index is 11.6. The van der Waals surface area contributed by atoms with Crippen molar-refractivity contribution in [2.45, 2.75) is 39.8 Å². The highest BCUT2D eigenvalue weighted by atomic mass is 16.2. The van der Waals surface area contributed by atoms with E-state index in [0.717, 1.165) is 0 Å². The first-order valence-electron chi connectivity index (χ1n) is 5.56. The van der Waals surface area contributed by atoms with E-state index in [4.69, 9.17) is 5.73 Å². The third-order valence-electron chi connectivity index (χ3n) is 2.60. The van der Waals surface area contributed by atoms with Gasteiger partial charge in [-0.15, -0.1) is 0 Å². The Bertz CT molecular complexity index is 226. The predicted octanol–water partition coefficient (Wildman–Crippen LogP) is -0.0473. The van der Waals surface area contributed by atoms with Crippen LogP contribution in [0.5, 0.6) is 0 Å². The van der Waals surface area contributed by atoms with Crippen LogP contribution in [0.3, 0.4) is 0 Å². The molecule has 0 spiro atoms. The number of nitrogens with one attached hydrogen (secondary N) is 1. The fourth-order valence-corrected chi connectivity index (χ4v) is 0.996. The third-order valence-corrected chi connectivity index (χ3v) is 2.60. The Morgan fingerprint density at radius 2 is 1.75 bits per heavy atom. The summed E-state index contributed by atoms with van der Waals surface area (Å²) in [5.74, 6) is -0.322. The van der Waals surface area contributed by atoms with Crippen molar-refractivity contribution in [3.8, 4) is 0 Å². The molecule has 3 N–H and O–H groups in total. The average Bonchev–Trinajstić information content (AvgIpc) is 2.22. The molecule has 0 bridgehead atoms. The quantitative estimate of drug-likeness (QED) is 0.694. The highest BCUT2D eigenvalue weighted by Crippen LogP contribution is 1.98. The van der Waals surface area contributed by atoms with E-state index in [9.17, 15) is 9.59 Å². The number of amides is 2. The Labute approximate surface area is 97.4 Å². The summed E-state index contributed by atoms with van der Waals surface area (Å²) in [6.45, 7) is 7.58. The maximum Gasteiger partial charge on any atom is 0.241 e. The molecule has 0 aliphatic rings. The van der Waals surface area contributed by atoms with Crippen LogP contribution in [0, 0.1) is 5.92 Å². The van der Waals surface area contributed by atoms with Crippen molar-refractivity contribution >= 4 is 11.8 Å². The summed E-state index contributed by atoms with van der Waals surface area (Å²) in [5.41, 5.74) is 5.65. The molecule has 1 atom stereocenters. The summed E-state index contributed by atoms with van der Waals surface area (Å²) < 4.78 is 0. The van der Waals surface area contributed by atoms with Gasteiger partial charge in [-0.2, -0.15) is 0 Å². The van der Waals surface area contributed by atoms with Crippen molar-refractivity contribution in [2.24, 2.45) is 11.7 Å². The van der Waals surface area contributed by atoms with E-state index in [-0.39, 0.29) is 30.3 Å². The lowest BCUT2D eigenvalue weighted by molar-refractivity contribution is -0.133. The van der Waals surface area contributed by atoms with Crippen LogP contribution in [0.1, 0.15) is 27.7 Å². The van der Waals surface area contributed by atoms with Crippen molar-refractivity contribution < 1.29 is 9.59 Å². The molecule has 0 aromatic heterocycles. The Hall–Kier alpha value is -1.10. The number of nitrogens with two attached hydrogens (primary N) is 1. The molecule has 0 saturated heterocycles. The van der Waals surface area contributed by atoms with E-state index in [2.05, 4.69) is 5.32 Å². The van der Waals surface area contributed by atoms with Gasteiger partial charge in [-0.1, -0.05) is 13.8 Å². The lowest BCUT2D eigenvalue weighted by Gasteiger charge is -2.22. The molecule has 2 amide bonds. The van der Waals surface area contributed by atoms with Crippen LogP contribution in [0.2, 0.25) is 0 Å². The van der Waals surface area contributed by atoms with Gasteiger partial charge in [-0.25, -0.2) is 0 Å². The van der Waals surface area contributed by atoms with E-state index < -0.39 is 6.04 Å². The molecular weight excluding hydrogens is 206 g/mol. The molecule has 0 radical (unpaired) electrons. The van der Waals surface area contributed by atoms with E-state index in [1.807, 2.05) is 27.7 Å². The van der Waals surface area contributed by atoms with Gasteiger partial charge in [0.2, 0.25) is 11.8 Å². The first-order valence-corrected chi connectivity index (χ1v) is 5.56. The van der Waals surface area contributed by atoms with Crippen LogP contribution in [-0.2, 0) is 9.59 Å². The van der Waals surface area contributed by atoms with Gasteiger partial charge >= 0.3 is 0 Å². The van der Waals surface area contributed by atoms with Crippen LogP contribution >= 0.6 is 0 Å². The minimum absolute atomic E-state index is 0.00787. The number of likely N-dealkylation sites (N-methyl/N-ethyl adjacent to an activating group) is 1. The van der Waals surface area contributed by atoms with Crippen molar-refractivity contribution in [3.05, 3.63) is 0 Å². The lowest BCUT2D eigenvalue weighted by Crippen LogP contribution is -2.48. The van der Waals surface area contributed by atoms with E-state index in [0.29, 0.717) is 0 Å². The van der Waals surface area contributed by atoms with Crippen molar-refractivity contribution in [1.82, 2.24) is 10.2 Å². The largest absolute Gasteiger partial charge is 0.346 e. The van der Waals surface area contributed by atoms with Crippen LogP contribution in [0.15, 0.2) is 0 Å². The van der Waals surface area contributed by atoms with E-state index in [1.165, 1.54) is 0 Å². The van der Waals surface area contributed by atoms with Gasteiger partial charge in [0.15, 0.2) is 0 Å². The van der Waals surface area contributed by atoms with Gasteiger partial charge in [0.25, 0.3) is 0 Å². The van der Waals surface area contributed by atoms with Crippen molar-refractivity contribution in [2.75, 3.05) is 13.6 Å². The standard InChI is InChI=1S/C11H23N3O2/c1-7(2)10(12)11(16)13-6-9(15)14(5)8(3)4/h7-8,10H,6,12H2,1-5H3,(H,13,16)/t10-/m0/s1. The Balaban J connectivity index is 4.07. The first-order chi connectivity index (χ1) is 7.27. The highest BCUT2D eigenvalue weighted by Gasteiger charge is 2.19. The van der Waals surface area contributed by atoms with Gasteiger partial charge in [0.05, 0.1) is 12.6 Å². The van der Waals surface area contributed by atoms with Gasteiger partial charge in [-0.05, 0) is 19.8 Å². The maximum atomic E-state index is 11.6. The van der Waals surface area contributed by atoms with Crippen LogP contribution in [0.4, 0.5) is 0 Å². The molecule has 0 aromatic carbocycles. The Morgan fingerprint density at radius 3 is 2.12 bits per heavy atom. The summed E-state index contributed by atoms with van der Waals surface area (Å²) in [6.07, 6.45) is 0. The van der Waals surface area contributed by atoms with Crippen molar-refractivity contribution in [1.29, 1.82) is 0 Å². The molecule has 0 fully saturated rings. The van der Waals surface area contributed by atoms with Crippen LogP contribution in [0.25, 0.3) is 0 Å². The zero-order valence-electron chi connectivity index (χ0n) is 10.8. The number of hydrogen-bond acceptors (Lipinski definition) is 3. The van der Waals surface area contributed by atoms with E-state index >= 15 is 0 Å². The second-order valence-corrected chi connectivity index (χ2v) is 4.59. The molecule has 0 aliphatic heterocycles. The fourth-order valence-electron chi connectivity index (χ4n) is 0.996. The van der Waals surface area contributed by atoms with Gasteiger partial charge in [-0.3, -0.25) is 9.59 Å². The number of carbonyl (C=O) groups excluding carboxylic acids is 2. The number of hydrogen-bond donors (Lipinski definition) is 2. The molecular formula is C11H23N3O2. The number of rotatable bonds is 5. The minimum atomic E-state index is -0.558. The summed E-state index contributed by atoms with van der Waals surface area (Å²) in [5, 5.41) is 2.54. The normalized spacial score (nSPS) is 12.8. The highest BCUT2D eigenvalue weighted by molar-refractivity contribution is 5.87. The predicted molar refractivity (Wildman–Crippen MR) is 63.7 cm³/mol. The second kappa shape index (κ2) is 6.48. The number of nitrogens with zero attached hydrogens (tertiary/aromatic N) is 1. The molecule has 0 unspecified atom stereocenters. The summed E-state index contributed by atoms with van der Waals surface area (Å²) >= 11 is 0. The molecule has 0 aliphatic carbocycles. The zero-order chi connectivity index (χ0) is 12.9. The van der Waals surface area contributed by atoms with Crippen molar-refractivity contribution in [3.63, 3.8) is 0 Å². The molecule has 0 heterocycles. The molecule has 16 heavy (non-hydrogen) atoms. The smallest absolute Gasteiger partial charge is 0.241 e. The summed E-state index contributed by atoms with van der Waals surface area (Å²) in [6, 6.07) is -0.430. The monoisotopic (exact) mass is 229 g/mol. The van der Waals surface area contributed by atoms with Gasteiger partial charge in [0, 0.05) is 13.1 Å². The van der Waals surface area contributed by atoms with Crippen LogP contribution in [-0.4, -0.2) is 42.4 Å². The third kappa shape index (κ3) is 4.61. The van der Waals surface area contributed by atoms with Gasteiger partial charge < -0.3 is 16.0 Å². The lowest BCUT2D eigenvalue weighted by atomic mass is 10.1. The molecule has 94 valence electrons. The second-order valence-electron chi connectivity index (χ2n) is 4.59. The Morgan fingerprint density at radius 1 is 1.25 bits per heavy atom. The zero-order valence-corrected chi connectivity index (χ0v) is 10.8. The fraction of sp³-hybridized carbons (Fsp3) is 0.818. The summed E-state index contributed by atoms with van der Waals surface area (Å²) in [7, 11) is 1.71. The van der Waals surface area contributed by atoms with Gasteiger partial charge in [0.1, 0.15) is 0 Å². The summed E-state index contributed by atoms with van der Waals surface area (Å²) in [4.78, 5) is 24.6. The molecule has 0 saturated carbocycles. The van der Waals surface area contributed by atoms with Crippen LogP contribution < -0.4 is 11.1 Å². The molecule has 5 nitrogen and oxygen atoms in total. The first kappa shape index (κ1) is 14.9. The van der Waals surface area contributed by atoms with E-state index in [1.54, 1.807) is 11.9 Å². The Kier molecular flexibility index (Phi) is 6.03. The minimum Gasteiger partial charge on any atom is -0.346 e. The number of carbonyl (C=O) groups is 2. The average molecular weight is 229 g/mol.